The van der Waals surface area contributed by atoms with E-state index in [-0.39, 0.29) is 0 Å². The van der Waals surface area contributed by atoms with E-state index in [9.17, 15) is 0 Å². The molecule has 2 aromatic rings. The zero-order valence-electron chi connectivity index (χ0n) is 7.91. The Morgan fingerprint density at radius 2 is 2.07 bits per heavy atom. The van der Waals surface area contributed by atoms with Gasteiger partial charge in [-0.15, -0.1) is 0 Å². The third kappa shape index (κ3) is 1.63. The second-order valence-electron chi connectivity index (χ2n) is 3.11. The highest BCUT2D eigenvalue weighted by Crippen LogP contribution is 2.23. The highest BCUT2D eigenvalue weighted by atomic mass is 35.5. The SMILES string of the molecule is Cc1noc(-c2ccc(Cl)c(C)c2)n1. The third-order valence-electron chi connectivity index (χ3n) is 1.93. The minimum atomic E-state index is 0.530. The molecule has 0 aliphatic heterocycles. The fraction of sp³-hybridized carbons (Fsp3) is 0.200. The lowest BCUT2D eigenvalue weighted by Crippen LogP contribution is -1.81. The van der Waals surface area contributed by atoms with Crippen molar-refractivity contribution in [2.75, 3.05) is 0 Å². The molecular weight excluding hydrogens is 200 g/mol. The lowest BCUT2D eigenvalue weighted by Gasteiger charge is -1.98. The molecule has 3 nitrogen and oxygen atoms in total. The number of halogens is 1. The van der Waals surface area contributed by atoms with Gasteiger partial charge in [-0.25, -0.2) is 0 Å². The van der Waals surface area contributed by atoms with Crippen LogP contribution in [-0.2, 0) is 0 Å². The predicted molar refractivity (Wildman–Crippen MR) is 54.2 cm³/mol. The summed E-state index contributed by atoms with van der Waals surface area (Å²) >= 11 is 5.91. The second kappa shape index (κ2) is 3.42. The van der Waals surface area contributed by atoms with E-state index in [0.29, 0.717) is 11.7 Å². The van der Waals surface area contributed by atoms with Crippen LogP contribution in [0.25, 0.3) is 11.5 Å². The molecule has 0 spiro atoms. The second-order valence-corrected chi connectivity index (χ2v) is 3.52. The average Bonchev–Trinajstić information content (AvgIpc) is 2.57. The summed E-state index contributed by atoms with van der Waals surface area (Å²) in [6.45, 7) is 3.73. The van der Waals surface area contributed by atoms with Crippen LogP contribution in [0.4, 0.5) is 0 Å². The first-order chi connectivity index (χ1) is 6.66. The molecule has 0 radical (unpaired) electrons. The first-order valence-electron chi connectivity index (χ1n) is 4.23. The van der Waals surface area contributed by atoms with E-state index < -0.39 is 0 Å². The van der Waals surface area contributed by atoms with Crippen molar-refractivity contribution in [2.45, 2.75) is 13.8 Å². The van der Waals surface area contributed by atoms with Crippen LogP contribution in [0.5, 0.6) is 0 Å². The normalized spacial score (nSPS) is 10.5. The topological polar surface area (TPSA) is 38.9 Å². The molecule has 14 heavy (non-hydrogen) atoms. The van der Waals surface area contributed by atoms with E-state index in [0.717, 1.165) is 16.1 Å². The molecule has 0 saturated heterocycles. The van der Waals surface area contributed by atoms with Crippen molar-refractivity contribution < 1.29 is 4.52 Å². The fourth-order valence-electron chi connectivity index (χ4n) is 1.19. The molecule has 2 rings (SSSR count). The van der Waals surface area contributed by atoms with Gasteiger partial charge in [0.1, 0.15) is 0 Å². The van der Waals surface area contributed by atoms with Gasteiger partial charge in [-0.05, 0) is 37.6 Å². The third-order valence-corrected chi connectivity index (χ3v) is 2.36. The number of aryl methyl sites for hydroxylation is 2. The number of hydrogen-bond acceptors (Lipinski definition) is 3. The van der Waals surface area contributed by atoms with Crippen LogP contribution >= 0.6 is 11.6 Å². The van der Waals surface area contributed by atoms with Crippen LogP contribution in [0.15, 0.2) is 22.7 Å². The van der Waals surface area contributed by atoms with Crippen molar-refractivity contribution in [3.05, 3.63) is 34.6 Å². The van der Waals surface area contributed by atoms with Gasteiger partial charge in [0.25, 0.3) is 5.89 Å². The molecule has 4 heteroatoms. The molecule has 0 atom stereocenters. The molecule has 0 aliphatic carbocycles. The molecule has 72 valence electrons. The standard InChI is InChI=1S/C10H9ClN2O/c1-6-5-8(3-4-9(6)11)10-12-7(2)13-14-10/h3-5H,1-2H3. The summed E-state index contributed by atoms with van der Waals surface area (Å²) in [4.78, 5) is 4.13. The van der Waals surface area contributed by atoms with Gasteiger partial charge in [-0.1, -0.05) is 16.8 Å². The number of nitrogens with zero attached hydrogens (tertiary/aromatic N) is 2. The number of benzene rings is 1. The van der Waals surface area contributed by atoms with Crippen LogP contribution in [0, 0.1) is 13.8 Å². The zero-order chi connectivity index (χ0) is 10.1. The highest BCUT2D eigenvalue weighted by molar-refractivity contribution is 6.31. The Labute approximate surface area is 86.7 Å². The molecule has 0 bridgehead atoms. The van der Waals surface area contributed by atoms with Crippen LogP contribution < -0.4 is 0 Å². The average molecular weight is 209 g/mol. The van der Waals surface area contributed by atoms with Crippen molar-refractivity contribution in [1.82, 2.24) is 10.1 Å². The van der Waals surface area contributed by atoms with Crippen molar-refractivity contribution in [2.24, 2.45) is 0 Å². The Hall–Kier alpha value is -1.35. The summed E-state index contributed by atoms with van der Waals surface area (Å²) in [7, 11) is 0. The number of aromatic nitrogens is 2. The van der Waals surface area contributed by atoms with Crippen LogP contribution in [0.3, 0.4) is 0 Å². The molecular formula is C10H9ClN2O. The van der Waals surface area contributed by atoms with Gasteiger partial charge in [0.05, 0.1) is 0 Å². The summed E-state index contributed by atoms with van der Waals surface area (Å²) in [6.07, 6.45) is 0. The van der Waals surface area contributed by atoms with Crippen molar-refractivity contribution in [1.29, 1.82) is 0 Å². The Kier molecular flexibility index (Phi) is 2.25. The Morgan fingerprint density at radius 1 is 1.29 bits per heavy atom. The molecule has 1 heterocycles. The number of rotatable bonds is 1. The van der Waals surface area contributed by atoms with E-state index in [2.05, 4.69) is 10.1 Å². The van der Waals surface area contributed by atoms with E-state index in [1.54, 1.807) is 6.92 Å². The molecule has 0 fully saturated rings. The van der Waals surface area contributed by atoms with Crippen molar-refractivity contribution in [3.63, 3.8) is 0 Å². The van der Waals surface area contributed by atoms with Crippen LogP contribution in [0.1, 0.15) is 11.4 Å². The molecule has 0 amide bonds. The van der Waals surface area contributed by atoms with E-state index in [4.69, 9.17) is 16.1 Å². The summed E-state index contributed by atoms with van der Waals surface area (Å²) in [5.41, 5.74) is 1.90. The van der Waals surface area contributed by atoms with Gasteiger partial charge in [0.2, 0.25) is 0 Å². The van der Waals surface area contributed by atoms with Gasteiger partial charge in [-0.3, -0.25) is 0 Å². The maximum Gasteiger partial charge on any atom is 0.257 e. The van der Waals surface area contributed by atoms with E-state index >= 15 is 0 Å². The number of hydrogen-bond donors (Lipinski definition) is 0. The maximum atomic E-state index is 5.91. The lowest BCUT2D eigenvalue weighted by molar-refractivity contribution is 0.425. The van der Waals surface area contributed by atoms with Crippen LogP contribution in [0.2, 0.25) is 5.02 Å². The quantitative estimate of drug-likeness (QED) is 0.723. The fourth-order valence-corrected chi connectivity index (χ4v) is 1.31. The summed E-state index contributed by atoms with van der Waals surface area (Å²) < 4.78 is 5.04. The first-order valence-corrected chi connectivity index (χ1v) is 4.61. The first kappa shape index (κ1) is 9.21. The monoisotopic (exact) mass is 208 g/mol. The van der Waals surface area contributed by atoms with Crippen molar-refractivity contribution in [3.8, 4) is 11.5 Å². The Bertz CT molecular complexity index is 465. The van der Waals surface area contributed by atoms with Crippen LogP contribution in [-0.4, -0.2) is 10.1 Å². The van der Waals surface area contributed by atoms with E-state index in [1.807, 2.05) is 25.1 Å². The van der Waals surface area contributed by atoms with Crippen molar-refractivity contribution >= 4 is 11.6 Å². The molecule has 0 N–H and O–H groups in total. The predicted octanol–water partition coefficient (Wildman–Crippen LogP) is 3.01. The van der Waals surface area contributed by atoms with Gasteiger partial charge < -0.3 is 4.52 Å². The van der Waals surface area contributed by atoms with E-state index in [1.165, 1.54) is 0 Å². The zero-order valence-corrected chi connectivity index (χ0v) is 8.67. The molecule has 0 saturated carbocycles. The highest BCUT2D eigenvalue weighted by Gasteiger charge is 2.06. The van der Waals surface area contributed by atoms with Gasteiger partial charge in [0, 0.05) is 10.6 Å². The minimum absolute atomic E-state index is 0.530. The Morgan fingerprint density at radius 3 is 2.64 bits per heavy atom. The smallest absolute Gasteiger partial charge is 0.257 e. The minimum Gasteiger partial charge on any atom is -0.334 e. The largest absolute Gasteiger partial charge is 0.334 e. The van der Waals surface area contributed by atoms with Gasteiger partial charge in [0.15, 0.2) is 5.82 Å². The molecule has 0 unspecified atom stereocenters. The summed E-state index contributed by atoms with van der Waals surface area (Å²) in [5, 5.41) is 4.47. The Balaban J connectivity index is 2.47. The lowest BCUT2D eigenvalue weighted by atomic mass is 10.1. The molecule has 0 aliphatic rings. The van der Waals surface area contributed by atoms with Gasteiger partial charge in [-0.2, -0.15) is 4.98 Å². The molecule has 1 aromatic carbocycles. The summed E-state index contributed by atoms with van der Waals surface area (Å²) in [6, 6.07) is 5.61. The van der Waals surface area contributed by atoms with Gasteiger partial charge >= 0.3 is 0 Å². The maximum absolute atomic E-state index is 5.91. The molecule has 1 aromatic heterocycles. The summed E-state index contributed by atoms with van der Waals surface area (Å²) in [5.74, 6) is 1.16.